The van der Waals surface area contributed by atoms with Gasteiger partial charge in [-0.1, -0.05) is 6.92 Å². The minimum absolute atomic E-state index is 0.182. The van der Waals surface area contributed by atoms with Crippen molar-refractivity contribution in [1.29, 1.82) is 0 Å². The van der Waals surface area contributed by atoms with E-state index in [1.165, 1.54) is 12.8 Å². The summed E-state index contributed by atoms with van der Waals surface area (Å²) in [6, 6.07) is 1.04. The van der Waals surface area contributed by atoms with Gasteiger partial charge in [0.2, 0.25) is 5.91 Å². The molecule has 1 aliphatic carbocycles. The number of amides is 1. The molecule has 0 bridgehead atoms. The maximum absolute atomic E-state index is 11.7. The first kappa shape index (κ1) is 15.4. The minimum atomic E-state index is 0.182. The van der Waals surface area contributed by atoms with Gasteiger partial charge in [-0.05, 0) is 45.6 Å². The molecule has 0 aliphatic heterocycles. The van der Waals surface area contributed by atoms with Gasteiger partial charge >= 0.3 is 0 Å². The third-order valence-electron chi connectivity index (χ3n) is 3.48. The Morgan fingerprint density at radius 2 is 1.83 bits per heavy atom. The first-order chi connectivity index (χ1) is 8.76. The molecule has 1 amide bonds. The largest absolute Gasteiger partial charge is 0.382 e. The standard InChI is InChI=1S/C14H28N2O2/c1-3-15-12-7-9-13(10-8-12)16-14(17)6-5-11-18-4-2/h12-13,15H,3-11H2,1-2H3,(H,16,17). The Kier molecular flexibility index (Phi) is 8.01. The van der Waals surface area contributed by atoms with E-state index >= 15 is 0 Å². The Labute approximate surface area is 111 Å². The number of rotatable bonds is 8. The van der Waals surface area contributed by atoms with Crippen LogP contribution in [-0.4, -0.2) is 37.7 Å². The molecule has 2 N–H and O–H groups in total. The first-order valence-corrected chi connectivity index (χ1v) is 7.36. The zero-order valence-electron chi connectivity index (χ0n) is 11.8. The lowest BCUT2D eigenvalue weighted by Crippen LogP contribution is -2.42. The van der Waals surface area contributed by atoms with Crippen LogP contribution in [0.15, 0.2) is 0 Å². The number of hydrogen-bond acceptors (Lipinski definition) is 3. The summed E-state index contributed by atoms with van der Waals surface area (Å²) < 4.78 is 5.23. The lowest BCUT2D eigenvalue weighted by Gasteiger charge is -2.29. The van der Waals surface area contributed by atoms with Crippen molar-refractivity contribution in [1.82, 2.24) is 10.6 Å². The van der Waals surface area contributed by atoms with Gasteiger partial charge in [0.15, 0.2) is 0 Å². The molecule has 1 rings (SSSR count). The molecule has 0 aromatic rings. The SMILES string of the molecule is CCNC1CCC(NC(=O)CCCOCC)CC1. The van der Waals surface area contributed by atoms with E-state index in [1.807, 2.05) is 6.92 Å². The summed E-state index contributed by atoms with van der Waals surface area (Å²) in [6.07, 6.45) is 5.98. The van der Waals surface area contributed by atoms with E-state index in [0.717, 1.165) is 32.4 Å². The molecule has 0 spiro atoms. The van der Waals surface area contributed by atoms with E-state index in [9.17, 15) is 4.79 Å². The number of nitrogens with one attached hydrogen (secondary N) is 2. The van der Waals surface area contributed by atoms with Gasteiger partial charge in [0.05, 0.1) is 0 Å². The van der Waals surface area contributed by atoms with Crippen molar-refractivity contribution >= 4 is 5.91 Å². The topological polar surface area (TPSA) is 50.4 Å². The molecule has 4 heteroatoms. The molecule has 0 aromatic carbocycles. The van der Waals surface area contributed by atoms with Crippen molar-refractivity contribution < 1.29 is 9.53 Å². The monoisotopic (exact) mass is 256 g/mol. The quantitative estimate of drug-likeness (QED) is 0.652. The molecule has 0 radical (unpaired) electrons. The number of carbonyl (C=O) groups is 1. The average molecular weight is 256 g/mol. The second-order valence-electron chi connectivity index (χ2n) is 4.97. The van der Waals surface area contributed by atoms with Gasteiger partial charge in [-0.3, -0.25) is 4.79 Å². The van der Waals surface area contributed by atoms with Crippen LogP contribution in [-0.2, 0) is 9.53 Å². The third-order valence-corrected chi connectivity index (χ3v) is 3.48. The van der Waals surface area contributed by atoms with Crippen molar-refractivity contribution in [3.8, 4) is 0 Å². The Morgan fingerprint density at radius 1 is 1.17 bits per heavy atom. The second-order valence-corrected chi connectivity index (χ2v) is 4.97. The van der Waals surface area contributed by atoms with Gasteiger partial charge in [-0.15, -0.1) is 0 Å². The van der Waals surface area contributed by atoms with Gasteiger partial charge in [-0.25, -0.2) is 0 Å². The lowest BCUT2D eigenvalue weighted by atomic mass is 9.91. The zero-order valence-corrected chi connectivity index (χ0v) is 11.8. The highest BCUT2D eigenvalue weighted by atomic mass is 16.5. The van der Waals surface area contributed by atoms with Crippen LogP contribution in [0.3, 0.4) is 0 Å². The van der Waals surface area contributed by atoms with Gasteiger partial charge in [-0.2, -0.15) is 0 Å². The third kappa shape index (κ3) is 6.36. The summed E-state index contributed by atoms with van der Waals surface area (Å²) in [7, 11) is 0. The smallest absolute Gasteiger partial charge is 0.220 e. The number of carbonyl (C=O) groups excluding carboxylic acids is 1. The highest BCUT2D eigenvalue weighted by Gasteiger charge is 2.21. The summed E-state index contributed by atoms with van der Waals surface area (Å²) in [4.78, 5) is 11.7. The second kappa shape index (κ2) is 9.34. The predicted molar refractivity (Wildman–Crippen MR) is 73.6 cm³/mol. The van der Waals surface area contributed by atoms with Gasteiger partial charge in [0, 0.05) is 31.7 Å². The molecule has 1 saturated carbocycles. The van der Waals surface area contributed by atoms with Crippen molar-refractivity contribution in [2.24, 2.45) is 0 Å². The molecular weight excluding hydrogens is 228 g/mol. The maximum atomic E-state index is 11.7. The Balaban J connectivity index is 2.07. The summed E-state index contributed by atoms with van der Waals surface area (Å²) in [5.41, 5.74) is 0. The Hall–Kier alpha value is -0.610. The van der Waals surface area contributed by atoms with Crippen molar-refractivity contribution in [3.63, 3.8) is 0 Å². The van der Waals surface area contributed by atoms with Gasteiger partial charge < -0.3 is 15.4 Å². The van der Waals surface area contributed by atoms with E-state index in [0.29, 0.717) is 25.1 Å². The normalized spacial score (nSPS) is 23.9. The highest BCUT2D eigenvalue weighted by molar-refractivity contribution is 5.76. The van der Waals surface area contributed by atoms with Crippen LogP contribution >= 0.6 is 0 Å². The van der Waals surface area contributed by atoms with Crippen LogP contribution in [0.2, 0.25) is 0 Å². The summed E-state index contributed by atoms with van der Waals surface area (Å²) in [6.45, 7) is 6.58. The summed E-state index contributed by atoms with van der Waals surface area (Å²) in [5, 5.41) is 6.61. The van der Waals surface area contributed by atoms with Gasteiger partial charge in [0.25, 0.3) is 0 Å². The van der Waals surface area contributed by atoms with Crippen LogP contribution in [0.5, 0.6) is 0 Å². The molecule has 0 atom stereocenters. The van der Waals surface area contributed by atoms with E-state index in [4.69, 9.17) is 4.74 Å². The van der Waals surface area contributed by atoms with Crippen LogP contribution in [0, 0.1) is 0 Å². The van der Waals surface area contributed by atoms with E-state index < -0.39 is 0 Å². The highest BCUT2D eigenvalue weighted by Crippen LogP contribution is 2.18. The fourth-order valence-corrected chi connectivity index (χ4v) is 2.51. The van der Waals surface area contributed by atoms with E-state index in [1.54, 1.807) is 0 Å². The minimum Gasteiger partial charge on any atom is -0.382 e. The van der Waals surface area contributed by atoms with Crippen LogP contribution < -0.4 is 10.6 Å². The molecular formula is C14H28N2O2. The van der Waals surface area contributed by atoms with Crippen LogP contribution in [0.1, 0.15) is 52.4 Å². The molecule has 0 unspecified atom stereocenters. The number of hydrogen-bond donors (Lipinski definition) is 2. The van der Waals surface area contributed by atoms with Crippen molar-refractivity contribution in [3.05, 3.63) is 0 Å². The Morgan fingerprint density at radius 3 is 2.44 bits per heavy atom. The Bertz CT molecular complexity index is 226. The molecule has 0 saturated heterocycles. The van der Waals surface area contributed by atoms with Gasteiger partial charge in [0.1, 0.15) is 0 Å². The summed E-state index contributed by atoms with van der Waals surface area (Å²) in [5.74, 6) is 0.182. The average Bonchev–Trinajstić information content (AvgIpc) is 2.37. The molecule has 0 aromatic heterocycles. The van der Waals surface area contributed by atoms with Crippen molar-refractivity contribution in [2.75, 3.05) is 19.8 Å². The van der Waals surface area contributed by atoms with Crippen LogP contribution in [0.4, 0.5) is 0 Å². The number of ether oxygens (including phenoxy) is 1. The molecule has 1 fully saturated rings. The van der Waals surface area contributed by atoms with E-state index in [-0.39, 0.29) is 5.91 Å². The molecule has 106 valence electrons. The van der Waals surface area contributed by atoms with E-state index in [2.05, 4.69) is 17.6 Å². The molecule has 0 heterocycles. The molecule has 4 nitrogen and oxygen atoms in total. The molecule has 1 aliphatic rings. The maximum Gasteiger partial charge on any atom is 0.220 e. The van der Waals surface area contributed by atoms with Crippen LogP contribution in [0.25, 0.3) is 0 Å². The summed E-state index contributed by atoms with van der Waals surface area (Å²) >= 11 is 0. The zero-order chi connectivity index (χ0) is 13.2. The van der Waals surface area contributed by atoms with Crippen molar-refractivity contribution in [2.45, 2.75) is 64.5 Å². The first-order valence-electron chi connectivity index (χ1n) is 7.36. The lowest BCUT2D eigenvalue weighted by molar-refractivity contribution is -0.122. The fraction of sp³-hybridized carbons (Fsp3) is 0.929. The predicted octanol–water partition coefficient (Wildman–Crippen LogP) is 1.84. The molecule has 18 heavy (non-hydrogen) atoms. The fourth-order valence-electron chi connectivity index (χ4n) is 2.51.